The molecule has 0 unspecified atom stereocenters. The Morgan fingerprint density at radius 2 is 1.70 bits per heavy atom. The van der Waals surface area contributed by atoms with Crippen molar-refractivity contribution in [3.05, 3.63) is 77.0 Å². The highest BCUT2D eigenvalue weighted by atomic mass is 32.2. The summed E-state index contributed by atoms with van der Waals surface area (Å²) < 4.78 is 30.2. The lowest BCUT2D eigenvalue weighted by Crippen LogP contribution is -2.13. The van der Waals surface area contributed by atoms with Gasteiger partial charge in [0.1, 0.15) is 27.8 Å². The molecule has 0 aliphatic carbocycles. The molecular formula is C20H16N4O4S2. The van der Waals surface area contributed by atoms with Gasteiger partial charge in [-0.15, -0.1) is 10.2 Å². The molecule has 1 amide bonds. The number of anilines is 1. The SMILES string of the molecule is Cc1onc(-c2ccccc2)c1C(=O)Nc1nnc(CS(=O)(=O)c2ccccc2)s1. The predicted octanol–water partition coefficient (Wildman–Crippen LogP) is 3.73. The molecule has 30 heavy (non-hydrogen) atoms. The highest BCUT2D eigenvalue weighted by Gasteiger charge is 2.23. The number of carbonyl (C=O) groups excluding carboxylic acids is 1. The Kier molecular flexibility index (Phi) is 5.42. The zero-order chi connectivity index (χ0) is 21.1. The van der Waals surface area contributed by atoms with Crippen molar-refractivity contribution in [2.24, 2.45) is 0 Å². The lowest BCUT2D eigenvalue weighted by molar-refractivity contribution is 0.102. The van der Waals surface area contributed by atoms with E-state index >= 15 is 0 Å². The van der Waals surface area contributed by atoms with E-state index in [2.05, 4.69) is 20.7 Å². The van der Waals surface area contributed by atoms with Crippen molar-refractivity contribution in [2.75, 3.05) is 5.32 Å². The van der Waals surface area contributed by atoms with Gasteiger partial charge in [0.2, 0.25) is 5.13 Å². The maximum Gasteiger partial charge on any atom is 0.263 e. The Balaban J connectivity index is 1.53. The normalized spacial score (nSPS) is 11.4. The first-order chi connectivity index (χ1) is 14.4. The third-order valence-corrected chi connectivity index (χ3v) is 6.91. The van der Waals surface area contributed by atoms with Crippen LogP contribution < -0.4 is 5.32 Å². The second-order valence-electron chi connectivity index (χ2n) is 6.36. The van der Waals surface area contributed by atoms with Crippen molar-refractivity contribution >= 4 is 32.2 Å². The van der Waals surface area contributed by atoms with Crippen LogP contribution in [0.25, 0.3) is 11.3 Å². The van der Waals surface area contributed by atoms with Crippen LogP contribution in [0.3, 0.4) is 0 Å². The largest absolute Gasteiger partial charge is 0.360 e. The van der Waals surface area contributed by atoms with E-state index in [0.29, 0.717) is 11.5 Å². The number of sulfone groups is 1. The van der Waals surface area contributed by atoms with E-state index < -0.39 is 15.7 Å². The Labute approximate surface area is 176 Å². The molecule has 152 valence electrons. The molecule has 0 atom stereocenters. The standard InChI is InChI=1S/C20H16N4O4S2/c1-13-17(18(24-28-13)14-8-4-2-5-9-14)19(25)21-20-23-22-16(29-20)12-30(26,27)15-10-6-3-7-11-15/h2-11H,12H2,1H3,(H,21,23,25). The number of rotatable bonds is 6. The molecule has 0 aliphatic rings. The molecule has 0 aliphatic heterocycles. The average molecular weight is 441 g/mol. The Hall–Kier alpha value is -3.37. The summed E-state index contributed by atoms with van der Waals surface area (Å²) in [5.74, 6) is -0.393. The Morgan fingerprint density at radius 1 is 1.03 bits per heavy atom. The molecular weight excluding hydrogens is 424 g/mol. The lowest BCUT2D eigenvalue weighted by Gasteiger charge is -2.02. The highest BCUT2D eigenvalue weighted by Crippen LogP contribution is 2.27. The Bertz CT molecular complexity index is 1280. The first-order valence-electron chi connectivity index (χ1n) is 8.87. The van der Waals surface area contributed by atoms with Crippen molar-refractivity contribution in [1.29, 1.82) is 0 Å². The summed E-state index contributed by atoms with van der Waals surface area (Å²) in [6.45, 7) is 1.65. The van der Waals surface area contributed by atoms with Crippen LogP contribution in [-0.2, 0) is 15.6 Å². The second-order valence-corrected chi connectivity index (χ2v) is 9.41. The third kappa shape index (κ3) is 4.14. The molecule has 0 spiro atoms. The van der Waals surface area contributed by atoms with Crippen LogP contribution >= 0.6 is 11.3 Å². The van der Waals surface area contributed by atoms with E-state index in [-0.39, 0.29) is 26.4 Å². The molecule has 8 nitrogen and oxygen atoms in total. The minimum Gasteiger partial charge on any atom is -0.360 e. The molecule has 2 aromatic carbocycles. The van der Waals surface area contributed by atoms with E-state index in [1.165, 1.54) is 12.1 Å². The monoisotopic (exact) mass is 440 g/mol. The molecule has 4 aromatic rings. The van der Waals surface area contributed by atoms with E-state index in [4.69, 9.17) is 4.52 Å². The summed E-state index contributed by atoms with van der Waals surface area (Å²) >= 11 is 1.00. The van der Waals surface area contributed by atoms with Gasteiger partial charge in [0.05, 0.1) is 4.90 Å². The van der Waals surface area contributed by atoms with Crippen molar-refractivity contribution < 1.29 is 17.7 Å². The van der Waals surface area contributed by atoms with Crippen molar-refractivity contribution in [3.63, 3.8) is 0 Å². The van der Waals surface area contributed by atoms with E-state index in [9.17, 15) is 13.2 Å². The van der Waals surface area contributed by atoms with Gasteiger partial charge in [0, 0.05) is 5.56 Å². The molecule has 0 saturated heterocycles. The van der Waals surface area contributed by atoms with Gasteiger partial charge in [-0.2, -0.15) is 0 Å². The van der Waals surface area contributed by atoms with Gasteiger partial charge >= 0.3 is 0 Å². The van der Waals surface area contributed by atoms with Gasteiger partial charge in [-0.1, -0.05) is 65.0 Å². The minimum atomic E-state index is -3.55. The summed E-state index contributed by atoms with van der Waals surface area (Å²) in [6, 6.07) is 17.3. The van der Waals surface area contributed by atoms with Crippen LogP contribution in [0, 0.1) is 6.92 Å². The molecule has 0 fully saturated rings. The number of hydrogen-bond donors (Lipinski definition) is 1. The number of benzene rings is 2. The summed E-state index contributed by atoms with van der Waals surface area (Å²) in [7, 11) is -3.55. The van der Waals surface area contributed by atoms with Gasteiger partial charge < -0.3 is 4.52 Å². The predicted molar refractivity (Wildman–Crippen MR) is 112 cm³/mol. The quantitative estimate of drug-likeness (QED) is 0.486. The molecule has 1 N–H and O–H groups in total. The summed E-state index contributed by atoms with van der Waals surface area (Å²) in [5, 5.41) is 14.9. The molecule has 0 saturated carbocycles. The molecule has 0 bridgehead atoms. The van der Waals surface area contributed by atoms with Crippen molar-refractivity contribution in [1.82, 2.24) is 15.4 Å². The van der Waals surface area contributed by atoms with Crippen LogP contribution in [0.5, 0.6) is 0 Å². The third-order valence-electron chi connectivity index (χ3n) is 4.24. The number of aryl methyl sites for hydroxylation is 1. The maximum absolute atomic E-state index is 12.8. The molecule has 10 heteroatoms. The van der Waals surface area contributed by atoms with Crippen molar-refractivity contribution in [2.45, 2.75) is 17.6 Å². The van der Waals surface area contributed by atoms with Gasteiger partial charge in [0.25, 0.3) is 5.91 Å². The number of nitrogens with zero attached hydrogens (tertiary/aromatic N) is 3. The highest BCUT2D eigenvalue weighted by molar-refractivity contribution is 7.90. The van der Waals surface area contributed by atoms with E-state index in [1.807, 2.05) is 30.3 Å². The topological polar surface area (TPSA) is 115 Å². The molecule has 2 aromatic heterocycles. The number of carbonyl (C=O) groups is 1. The average Bonchev–Trinajstić information content (AvgIpc) is 3.35. The number of amides is 1. The Morgan fingerprint density at radius 3 is 2.40 bits per heavy atom. The second kappa shape index (κ2) is 8.17. The van der Waals surface area contributed by atoms with Gasteiger partial charge in [-0.3, -0.25) is 10.1 Å². The fourth-order valence-corrected chi connectivity index (χ4v) is 5.18. The number of aromatic nitrogens is 3. The van der Waals surface area contributed by atoms with Crippen LogP contribution in [0.1, 0.15) is 21.1 Å². The zero-order valence-corrected chi connectivity index (χ0v) is 17.4. The van der Waals surface area contributed by atoms with Crippen LogP contribution in [0.15, 0.2) is 70.1 Å². The fraction of sp³-hybridized carbons (Fsp3) is 0.100. The first-order valence-corrected chi connectivity index (χ1v) is 11.3. The fourth-order valence-electron chi connectivity index (χ4n) is 2.83. The van der Waals surface area contributed by atoms with Crippen molar-refractivity contribution in [3.8, 4) is 11.3 Å². The van der Waals surface area contributed by atoms with Crippen LogP contribution in [-0.4, -0.2) is 29.7 Å². The first kappa shape index (κ1) is 19.9. The summed E-state index contributed by atoms with van der Waals surface area (Å²) in [4.78, 5) is 13.0. The minimum absolute atomic E-state index is 0.192. The summed E-state index contributed by atoms with van der Waals surface area (Å²) in [6.07, 6.45) is 0. The lowest BCUT2D eigenvalue weighted by atomic mass is 10.1. The molecule has 4 rings (SSSR count). The van der Waals surface area contributed by atoms with Gasteiger partial charge in [0.15, 0.2) is 9.84 Å². The van der Waals surface area contributed by atoms with Gasteiger partial charge in [-0.25, -0.2) is 8.42 Å². The molecule has 2 heterocycles. The van der Waals surface area contributed by atoms with Gasteiger partial charge in [-0.05, 0) is 19.1 Å². The number of hydrogen-bond acceptors (Lipinski definition) is 8. The maximum atomic E-state index is 12.8. The van der Waals surface area contributed by atoms with Crippen LogP contribution in [0.4, 0.5) is 5.13 Å². The van der Waals surface area contributed by atoms with E-state index in [1.54, 1.807) is 25.1 Å². The zero-order valence-electron chi connectivity index (χ0n) is 15.8. The number of nitrogens with one attached hydrogen (secondary N) is 1. The molecule has 0 radical (unpaired) electrons. The van der Waals surface area contributed by atoms with E-state index in [0.717, 1.165) is 16.9 Å². The summed E-state index contributed by atoms with van der Waals surface area (Å²) in [5.41, 5.74) is 1.45. The smallest absolute Gasteiger partial charge is 0.263 e. The van der Waals surface area contributed by atoms with Crippen LogP contribution in [0.2, 0.25) is 0 Å².